The van der Waals surface area contributed by atoms with E-state index in [1.165, 1.54) is 10.5 Å². The Labute approximate surface area is 119 Å². The first kappa shape index (κ1) is 14.4. The van der Waals surface area contributed by atoms with Crippen molar-refractivity contribution in [3.8, 4) is 0 Å². The van der Waals surface area contributed by atoms with Gasteiger partial charge in [0.25, 0.3) is 0 Å². The van der Waals surface area contributed by atoms with Gasteiger partial charge in [0.15, 0.2) is 0 Å². The molecule has 2 atom stereocenters. The fraction of sp³-hybridized carbons (Fsp3) is 0.533. The topological polar surface area (TPSA) is 55.1 Å². The van der Waals surface area contributed by atoms with Crippen molar-refractivity contribution in [2.45, 2.75) is 49.6 Å². The third-order valence-electron chi connectivity index (χ3n) is 3.40. The van der Waals surface area contributed by atoms with Gasteiger partial charge in [-0.3, -0.25) is 4.79 Å². The Morgan fingerprint density at radius 2 is 2.32 bits per heavy atom. The predicted molar refractivity (Wildman–Crippen MR) is 80.2 cm³/mol. The Hall–Kier alpha value is -1.00. The number of nitrogens with one attached hydrogen (secondary N) is 1. The zero-order valence-electron chi connectivity index (χ0n) is 11.4. The molecule has 0 bridgehead atoms. The van der Waals surface area contributed by atoms with Crippen LogP contribution in [-0.2, 0) is 4.79 Å². The highest BCUT2D eigenvalue weighted by Gasteiger charge is 2.22. The van der Waals surface area contributed by atoms with Gasteiger partial charge in [-0.05, 0) is 24.5 Å². The van der Waals surface area contributed by atoms with E-state index in [9.17, 15) is 4.79 Å². The van der Waals surface area contributed by atoms with Crippen molar-refractivity contribution < 1.29 is 4.79 Å². The number of rotatable bonds is 5. The fourth-order valence-electron chi connectivity index (χ4n) is 2.46. The molecule has 0 fully saturated rings. The van der Waals surface area contributed by atoms with E-state index in [2.05, 4.69) is 24.4 Å². The van der Waals surface area contributed by atoms with Crippen LogP contribution in [0.15, 0.2) is 29.2 Å². The zero-order chi connectivity index (χ0) is 13.7. The maximum Gasteiger partial charge on any atom is 0.222 e. The first-order valence-electron chi connectivity index (χ1n) is 6.97. The summed E-state index contributed by atoms with van der Waals surface area (Å²) in [5.74, 6) is 1.14. The Bertz CT molecular complexity index is 436. The summed E-state index contributed by atoms with van der Waals surface area (Å²) in [7, 11) is 0. The highest BCUT2D eigenvalue weighted by molar-refractivity contribution is 7.99. The molecule has 2 unspecified atom stereocenters. The number of thioether (sulfide) groups is 1. The number of nitrogens with two attached hydrogens (primary N) is 1. The lowest BCUT2D eigenvalue weighted by molar-refractivity contribution is -0.122. The lowest BCUT2D eigenvalue weighted by atomic mass is 10.0. The average Bonchev–Trinajstić information content (AvgIpc) is 2.39. The molecule has 1 heterocycles. The first-order chi connectivity index (χ1) is 9.20. The molecule has 0 radical (unpaired) electrons. The van der Waals surface area contributed by atoms with Crippen molar-refractivity contribution in [1.82, 2.24) is 5.32 Å². The molecule has 0 saturated heterocycles. The van der Waals surface area contributed by atoms with Crippen molar-refractivity contribution in [2.24, 2.45) is 5.73 Å². The molecule has 0 aromatic heterocycles. The molecule has 1 aliphatic rings. The Kier molecular flexibility index (Phi) is 5.28. The summed E-state index contributed by atoms with van der Waals surface area (Å²) in [5, 5.41) is 3.13. The molecule has 104 valence electrons. The monoisotopic (exact) mass is 278 g/mol. The molecule has 1 aromatic carbocycles. The number of carbonyl (C=O) groups is 1. The van der Waals surface area contributed by atoms with Crippen LogP contribution in [0.5, 0.6) is 0 Å². The molecule has 4 heteroatoms. The molecule has 1 amide bonds. The van der Waals surface area contributed by atoms with Crippen molar-refractivity contribution in [1.29, 1.82) is 0 Å². The lowest BCUT2D eigenvalue weighted by Gasteiger charge is -2.26. The van der Waals surface area contributed by atoms with Crippen LogP contribution < -0.4 is 11.1 Å². The quantitative estimate of drug-likeness (QED) is 0.871. The van der Waals surface area contributed by atoms with Gasteiger partial charge in [-0.2, -0.15) is 0 Å². The maximum absolute atomic E-state index is 12.0. The summed E-state index contributed by atoms with van der Waals surface area (Å²) in [4.78, 5) is 13.3. The molecule has 1 aromatic rings. The van der Waals surface area contributed by atoms with E-state index in [0.29, 0.717) is 6.42 Å². The number of hydrogen-bond acceptors (Lipinski definition) is 3. The number of carbonyl (C=O) groups excluding carboxylic acids is 1. The summed E-state index contributed by atoms with van der Waals surface area (Å²) in [6.45, 7) is 2.09. The second-order valence-electron chi connectivity index (χ2n) is 5.05. The predicted octanol–water partition coefficient (Wildman–Crippen LogP) is 2.86. The van der Waals surface area contributed by atoms with Gasteiger partial charge < -0.3 is 11.1 Å². The van der Waals surface area contributed by atoms with Crippen molar-refractivity contribution >= 4 is 17.7 Å². The van der Waals surface area contributed by atoms with E-state index in [1.54, 1.807) is 0 Å². The van der Waals surface area contributed by atoms with Crippen LogP contribution in [-0.4, -0.2) is 17.7 Å². The minimum atomic E-state index is -0.0155. The van der Waals surface area contributed by atoms with Gasteiger partial charge >= 0.3 is 0 Å². The molecule has 0 aliphatic carbocycles. The van der Waals surface area contributed by atoms with E-state index in [1.807, 2.05) is 23.9 Å². The minimum Gasteiger partial charge on any atom is -0.349 e. The summed E-state index contributed by atoms with van der Waals surface area (Å²) in [6.07, 6.45) is 3.36. The highest BCUT2D eigenvalue weighted by atomic mass is 32.2. The van der Waals surface area contributed by atoms with Gasteiger partial charge in [-0.25, -0.2) is 0 Å². The number of fused-ring (bicyclic) bond motifs is 1. The van der Waals surface area contributed by atoms with Crippen LogP contribution in [0, 0.1) is 0 Å². The van der Waals surface area contributed by atoms with Gasteiger partial charge in [-0.1, -0.05) is 31.5 Å². The van der Waals surface area contributed by atoms with E-state index in [0.717, 1.165) is 25.0 Å². The van der Waals surface area contributed by atoms with Gasteiger partial charge in [0, 0.05) is 23.1 Å². The van der Waals surface area contributed by atoms with Crippen molar-refractivity contribution in [2.75, 3.05) is 5.75 Å². The summed E-state index contributed by atoms with van der Waals surface area (Å²) in [5.41, 5.74) is 7.17. The Morgan fingerprint density at radius 1 is 1.53 bits per heavy atom. The normalized spacial score (nSPS) is 19.6. The van der Waals surface area contributed by atoms with Gasteiger partial charge in [0.05, 0.1) is 6.04 Å². The fourth-order valence-corrected chi connectivity index (χ4v) is 3.58. The van der Waals surface area contributed by atoms with Crippen LogP contribution in [0.3, 0.4) is 0 Å². The largest absolute Gasteiger partial charge is 0.349 e. The molecule has 1 aliphatic heterocycles. The maximum atomic E-state index is 12.0. The van der Waals surface area contributed by atoms with E-state index < -0.39 is 0 Å². The molecule has 3 N–H and O–H groups in total. The molecule has 3 nitrogen and oxygen atoms in total. The average molecular weight is 278 g/mol. The first-order valence-corrected chi connectivity index (χ1v) is 7.96. The Morgan fingerprint density at radius 3 is 3.11 bits per heavy atom. The summed E-state index contributed by atoms with van der Waals surface area (Å²) < 4.78 is 0. The molecule has 0 spiro atoms. The number of hydrogen-bond donors (Lipinski definition) is 2. The number of amides is 1. The third-order valence-corrected chi connectivity index (χ3v) is 4.52. The van der Waals surface area contributed by atoms with Crippen LogP contribution in [0.2, 0.25) is 0 Å². The molecular formula is C15H22N2OS. The number of benzene rings is 1. The molecule has 19 heavy (non-hydrogen) atoms. The second-order valence-corrected chi connectivity index (χ2v) is 6.18. The van der Waals surface area contributed by atoms with Gasteiger partial charge in [0.1, 0.15) is 0 Å². The van der Waals surface area contributed by atoms with Crippen molar-refractivity contribution in [3.63, 3.8) is 0 Å². The molecule has 0 saturated carbocycles. The Balaban J connectivity index is 1.95. The summed E-state index contributed by atoms with van der Waals surface area (Å²) >= 11 is 1.87. The minimum absolute atomic E-state index is 0.0155. The van der Waals surface area contributed by atoms with E-state index in [4.69, 9.17) is 5.73 Å². The van der Waals surface area contributed by atoms with Crippen LogP contribution in [0.4, 0.5) is 0 Å². The van der Waals surface area contributed by atoms with Gasteiger partial charge in [0.2, 0.25) is 5.91 Å². The lowest BCUT2D eigenvalue weighted by Crippen LogP contribution is -2.35. The second kappa shape index (κ2) is 6.96. The van der Waals surface area contributed by atoms with Crippen molar-refractivity contribution in [3.05, 3.63) is 29.8 Å². The van der Waals surface area contributed by atoms with Crippen LogP contribution in [0.1, 0.15) is 44.2 Å². The third kappa shape index (κ3) is 3.98. The SMILES string of the molecule is CCCC(N)CC(=O)NC1CCSc2ccccc21. The molecular weight excluding hydrogens is 256 g/mol. The summed E-state index contributed by atoms with van der Waals surface area (Å²) in [6, 6.07) is 8.45. The smallest absolute Gasteiger partial charge is 0.222 e. The van der Waals surface area contributed by atoms with Crippen LogP contribution >= 0.6 is 11.8 Å². The highest BCUT2D eigenvalue weighted by Crippen LogP contribution is 2.35. The zero-order valence-corrected chi connectivity index (χ0v) is 12.2. The van der Waals surface area contributed by atoms with Gasteiger partial charge in [-0.15, -0.1) is 11.8 Å². The molecule has 2 rings (SSSR count). The standard InChI is InChI=1S/C15H22N2OS/c1-2-5-11(16)10-15(18)17-13-8-9-19-14-7-4-3-6-12(13)14/h3-4,6-7,11,13H,2,5,8-10,16H2,1H3,(H,17,18). The van der Waals surface area contributed by atoms with E-state index in [-0.39, 0.29) is 18.0 Å². The van der Waals surface area contributed by atoms with E-state index >= 15 is 0 Å². The van der Waals surface area contributed by atoms with Crippen LogP contribution in [0.25, 0.3) is 0 Å².